The van der Waals surface area contributed by atoms with Crippen LogP contribution < -0.4 is 10.5 Å². The number of anilines is 1. The highest BCUT2D eigenvalue weighted by molar-refractivity contribution is 7.99. The van der Waals surface area contributed by atoms with Crippen molar-refractivity contribution in [2.75, 3.05) is 18.6 Å². The van der Waals surface area contributed by atoms with E-state index in [0.29, 0.717) is 11.1 Å². The summed E-state index contributed by atoms with van der Waals surface area (Å²) in [6.07, 6.45) is 1.14. The van der Waals surface area contributed by atoms with Crippen LogP contribution in [0.1, 0.15) is 20.3 Å². The summed E-state index contributed by atoms with van der Waals surface area (Å²) in [7, 11) is 1.51. The average molecular weight is 228 g/mol. The van der Waals surface area contributed by atoms with Crippen molar-refractivity contribution in [1.82, 2.24) is 15.0 Å². The number of aromatic nitrogens is 3. The Balaban J connectivity index is 2.64. The Kier molecular flexibility index (Phi) is 4.61. The molecule has 0 saturated carbocycles. The highest BCUT2D eigenvalue weighted by atomic mass is 32.2. The third-order valence-corrected chi connectivity index (χ3v) is 3.16. The van der Waals surface area contributed by atoms with Crippen LogP contribution in [-0.4, -0.2) is 27.8 Å². The Morgan fingerprint density at radius 3 is 2.73 bits per heavy atom. The van der Waals surface area contributed by atoms with Gasteiger partial charge in [0.1, 0.15) is 0 Å². The normalized spacial score (nSPS) is 12.5. The largest absolute Gasteiger partial charge is 0.467 e. The summed E-state index contributed by atoms with van der Waals surface area (Å²) < 4.78 is 4.91. The Bertz CT molecular complexity index is 321. The van der Waals surface area contributed by atoms with Gasteiger partial charge in [0.25, 0.3) is 0 Å². The lowest BCUT2D eigenvalue weighted by molar-refractivity contribution is 0.374. The van der Waals surface area contributed by atoms with Crippen LogP contribution in [0.15, 0.2) is 5.16 Å². The molecule has 84 valence electrons. The van der Waals surface area contributed by atoms with Gasteiger partial charge in [-0.2, -0.15) is 15.0 Å². The number of ether oxygens (including phenoxy) is 1. The molecule has 0 fully saturated rings. The summed E-state index contributed by atoms with van der Waals surface area (Å²) in [6.45, 7) is 4.35. The molecule has 1 atom stereocenters. The first-order valence-electron chi connectivity index (χ1n) is 4.84. The number of rotatable bonds is 5. The zero-order valence-electron chi connectivity index (χ0n) is 9.23. The van der Waals surface area contributed by atoms with Gasteiger partial charge in [0, 0.05) is 5.75 Å². The molecule has 5 nitrogen and oxygen atoms in total. The Labute approximate surface area is 93.9 Å². The SMILES string of the molecule is CCC(C)CSc1nc(N)nc(OC)n1. The Hall–Kier alpha value is -1.04. The Morgan fingerprint density at radius 1 is 1.40 bits per heavy atom. The van der Waals surface area contributed by atoms with E-state index in [1.165, 1.54) is 7.11 Å². The molecule has 0 aromatic carbocycles. The number of hydrogen-bond acceptors (Lipinski definition) is 6. The molecule has 1 aromatic heterocycles. The minimum Gasteiger partial charge on any atom is -0.467 e. The third-order valence-electron chi connectivity index (χ3n) is 1.99. The van der Waals surface area contributed by atoms with Crippen molar-refractivity contribution in [3.8, 4) is 6.01 Å². The fraction of sp³-hybridized carbons (Fsp3) is 0.667. The zero-order valence-corrected chi connectivity index (χ0v) is 10.0. The van der Waals surface area contributed by atoms with Crippen LogP contribution in [-0.2, 0) is 0 Å². The number of nitrogen functional groups attached to an aromatic ring is 1. The van der Waals surface area contributed by atoms with Gasteiger partial charge in [-0.3, -0.25) is 0 Å². The zero-order chi connectivity index (χ0) is 11.3. The first-order chi connectivity index (χ1) is 7.15. The molecule has 1 rings (SSSR count). The van der Waals surface area contributed by atoms with Gasteiger partial charge in [-0.15, -0.1) is 0 Å². The number of methoxy groups -OCH3 is 1. The Morgan fingerprint density at radius 2 is 2.13 bits per heavy atom. The molecule has 0 aliphatic carbocycles. The number of thioether (sulfide) groups is 1. The van der Waals surface area contributed by atoms with Crippen molar-refractivity contribution in [2.24, 2.45) is 5.92 Å². The maximum absolute atomic E-state index is 5.52. The van der Waals surface area contributed by atoms with Crippen molar-refractivity contribution in [2.45, 2.75) is 25.4 Å². The molecule has 0 amide bonds. The quantitative estimate of drug-likeness (QED) is 0.772. The standard InChI is InChI=1S/C9H16N4OS/c1-4-6(2)5-15-9-12-7(10)11-8(13-9)14-3/h6H,4-5H2,1-3H3,(H2,10,11,12,13). The van der Waals surface area contributed by atoms with E-state index < -0.39 is 0 Å². The van der Waals surface area contributed by atoms with E-state index in [9.17, 15) is 0 Å². The number of nitrogens with two attached hydrogens (primary N) is 1. The lowest BCUT2D eigenvalue weighted by atomic mass is 10.2. The molecule has 0 radical (unpaired) electrons. The van der Waals surface area contributed by atoms with E-state index in [0.717, 1.165) is 12.2 Å². The number of hydrogen-bond donors (Lipinski definition) is 1. The first-order valence-corrected chi connectivity index (χ1v) is 5.82. The maximum atomic E-state index is 5.52. The van der Waals surface area contributed by atoms with Gasteiger partial charge in [-0.1, -0.05) is 32.0 Å². The van der Waals surface area contributed by atoms with E-state index in [1.807, 2.05) is 0 Å². The van der Waals surface area contributed by atoms with E-state index in [4.69, 9.17) is 10.5 Å². The van der Waals surface area contributed by atoms with E-state index in [1.54, 1.807) is 11.8 Å². The molecule has 0 aliphatic rings. The smallest absolute Gasteiger partial charge is 0.321 e. The van der Waals surface area contributed by atoms with Crippen LogP contribution in [0.5, 0.6) is 6.01 Å². The topological polar surface area (TPSA) is 73.9 Å². The van der Waals surface area contributed by atoms with Gasteiger partial charge in [0.15, 0.2) is 5.16 Å². The lowest BCUT2D eigenvalue weighted by Gasteiger charge is -2.07. The van der Waals surface area contributed by atoms with Gasteiger partial charge in [0.2, 0.25) is 5.95 Å². The number of nitrogens with zero attached hydrogens (tertiary/aromatic N) is 3. The van der Waals surface area contributed by atoms with Crippen molar-refractivity contribution >= 4 is 17.7 Å². The van der Waals surface area contributed by atoms with Crippen LogP contribution in [0.25, 0.3) is 0 Å². The second-order valence-corrected chi connectivity index (χ2v) is 4.27. The molecule has 6 heteroatoms. The van der Waals surface area contributed by atoms with Gasteiger partial charge in [-0.25, -0.2) is 0 Å². The molecular formula is C9H16N4OS. The van der Waals surface area contributed by atoms with Crippen LogP contribution in [0.2, 0.25) is 0 Å². The predicted molar refractivity (Wildman–Crippen MR) is 61.0 cm³/mol. The molecule has 0 aliphatic heterocycles. The summed E-state index contributed by atoms with van der Waals surface area (Å²) in [5.41, 5.74) is 5.52. The lowest BCUT2D eigenvalue weighted by Crippen LogP contribution is -2.03. The van der Waals surface area contributed by atoms with Gasteiger partial charge < -0.3 is 10.5 Å². The molecule has 0 bridgehead atoms. The maximum Gasteiger partial charge on any atom is 0.321 e. The fourth-order valence-corrected chi connectivity index (χ4v) is 1.81. The van der Waals surface area contributed by atoms with Crippen LogP contribution in [0, 0.1) is 5.92 Å². The molecule has 2 N–H and O–H groups in total. The van der Waals surface area contributed by atoms with Crippen molar-refractivity contribution < 1.29 is 4.74 Å². The van der Waals surface area contributed by atoms with E-state index >= 15 is 0 Å². The average Bonchev–Trinajstić information content (AvgIpc) is 2.25. The second kappa shape index (κ2) is 5.75. The summed E-state index contributed by atoms with van der Waals surface area (Å²) in [4.78, 5) is 11.9. The van der Waals surface area contributed by atoms with Gasteiger partial charge >= 0.3 is 6.01 Å². The minimum absolute atomic E-state index is 0.202. The highest BCUT2D eigenvalue weighted by Gasteiger charge is 2.06. The highest BCUT2D eigenvalue weighted by Crippen LogP contribution is 2.20. The molecule has 0 saturated heterocycles. The summed E-state index contributed by atoms with van der Waals surface area (Å²) in [5.74, 6) is 1.82. The summed E-state index contributed by atoms with van der Waals surface area (Å²) in [5, 5.41) is 0.625. The molecule has 1 aromatic rings. The molecule has 1 unspecified atom stereocenters. The van der Waals surface area contributed by atoms with Crippen LogP contribution in [0.3, 0.4) is 0 Å². The molecule has 15 heavy (non-hydrogen) atoms. The second-order valence-electron chi connectivity index (χ2n) is 3.29. The molecule has 1 heterocycles. The van der Waals surface area contributed by atoms with E-state index in [-0.39, 0.29) is 12.0 Å². The van der Waals surface area contributed by atoms with Gasteiger partial charge in [0.05, 0.1) is 7.11 Å². The van der Waals surface area contributed by atoms with Crippen LogP contribution in [0.4, 0.5) is 5.95 Å². The third kappa shape index (κ3) is 3.91. The first kappa shape index (κ1) is 12.0. The van der Waals surface area contributed by atoms with Crippen molar-refractivity contribution in [1.29, 1.82) is 0 Å². The summed E-state index contributed by atoms with van der Waals surface area (Å²) >= 11 is 1.57. The van der Waals surface area contributed by atoms with Crippen molar-refractivity contribution in [3.05, 3.63) is 0 Å². The minimum atomic E-state index is 0.202. The van der Waals surface area contributed by atoms with Crippen LogP contribution >= 0.6 is 11.8 Å². The van der Waals surface area contributed by atoms with Crippen molar-refractivity contribution in [3.63, 3.8) is 0 Å². The van der Waals surface area contributed by atoms with E-state index in [2.05, 4.69) is 28.8 Å². The summed E-state index contributed by atoms with van der Waals surface area (Å²) in [6, 6.07) is 0.272. The fourth-order valence-electron chi connectivity index (χ4n) is 0.843. The molecular weight excluding hydrogens is 212 g/mol. The predicted octanol–water partition coefficient (Wildman–Crippen LogP) is 1.60. The molecule has 0 spiro atoms. The monoisotopic (exact) mass is 228 g/mol. The van der Waals surface area contributed by atoms with Gasteiger partial charge in [-0.05, 0) is 5.92 Å².